The molecule has 4 aromatic rings. The van der Waals surface area contributed by atoms with Crippen LogP contribution in [-0.2, 0) is 13.1 Å². The number of nitrogens with zero attached hydrogens (tertiary/aromatic N) is 2. The van der Waals surface area contributed by atoms with Crippen molar-refractivity contribution in [2.75, 3.05) is 12.4 Å². The van der Waals surface area contributed by atoms with Crippen LogP contribution >= 0.6 is 39.1 Å². The number of carbonyl (C=O) groups is 1. The van der Waals surface area contributed by atoms with Gasteiger partial charge in [0.25, 0.3) is 5.91 Å². The van der Waals surface area contributed by atoms with Crippen molar-refractivity contribution < 1.29 is 9.53 Å². The van der Waals surface area contributed by atoms with Gasteiger partial charge in [-0.2, -0.15) is 0 Å². The number of nitrogens with one attached hydrogen (secondary N) is 2. The normalized spacial score (nSPS) is 10.8. The second-order valence-corrected chi connectivity index (χ2v) is 8.82. The van der Waals surface area contributed by atoms with E-state index in [9.17, 15) is 4.79 Å². The minimum atomic E-state index is -0.352. The molecule has 0 aliphatic carbocycles. The van der Waals surface area contributed by atoms with Crippen LogP contribution in [0.15, 0.2) is 65.3 Å². The highest BCUT2D eigenvalue weighted by Crippen LogP contribution is 2.34. The molecule has 0 atom stereocenters. The molecule has 2 heterocycles. The van der Waals surface area contributed by atoms with Crippen molar-refractivity contribution in [1.29, 1.82) is 0 Å². The fourth-order valence-electron chi connectivity index (χ4n) is 3.37. The summed E-state index contributed by atoms with van der Waals surface area (Å²) >= 11 is 16.3. The van der Waals surface area contributed by atoms with Gasteiger partial charge in [-0.25, -0.2) is 4.98 Å². The van der Waals surface area contributed by atoms with Crippen LogP contribution in [0, 0.1) is 0 Å². The van der Waals surface area contributed by atoms with E-state index in [2.05, 4.69) is 36.5 Å². The van der Waals surface area contributed by atoms with Crippen molar-refractivity contribution in [2.45, 2.75) is 13.1 Å². The fourth-order valence-corrected chi connectivity index (χ4v) is 4.28. The van der Waals surface area contributed by atoms with Gasteiger partial charge in [0.05, 0.1) is 35.6 Å². The number of halogens is 3. The van der Waals surface area contributed by atoms with Crippen LogP contribution in [0.1, 0.15) is 21.6 Å². The van der Waals surface area contributed by atoms with Gasteiger partial charge in [-0.3, -0.25) is 9.78 Å². The lowest BCUT2D eigenvalue weighted by Crippen LogP contribution is -2.25. The number of methoxy groups -OCH3 is 1. The van der Waals surface area contributed by atoms with Crippen LogP contribution in [-0.4, -0.2) is 23.0 Å². The summed E-state index contributed by atoms with van der Waals surface area (Å²) in [7, 11) is 1.57. The molecular formula is C24H19BrCl2N4O2. The maximum atomic E-state index is 13.2. The zero-order chi connectivity index (χ0) is 23.4. The third-order valence-corrected chi connectivity index (χ3v) is 6.03. The summed E-state index contributed by atoms with van der Waals surface area (Å²) in [5, 5.41) is 7.62. The first-order chi connectivity index (χ1) is 16.0. The molecule has 1 amide bonds. The molecule has 33 heavy (non-hydrogen) atoms. The average molecular weight is 546 g/mol. The van der Waals surface area contributed by atoms with Gasteiger partial charge in [-0.05, 0) is 48.0 Å². The first-order valence-corrected chi connectivity index (χ1v) is 11.5. The van der Waals surface area contributed by atoms with E-state index in [0.29, 0.717) is 28.5 Å². The van der Waals surface area contributed by atoms with Crippen molar-refractivity contribution in [2.24, 2.45) is 0 Å². The Morgan fingerprint density at radius 3 is 2.67 bits per heavy atom. The molecule has 0 unspecified atom stereocenters. The number of ether oxygens (including phenoxy) is 1. The van der Waals surface area contributed by atoms with Gasteiger partial charge in [0, 0.05) is 22.6 Å². The number of amides is 1. The predicted molar refractivity (Wildman–Crippen MR) is 135 cm³/mol. The van der Waals surface area contributed by atoms with Crippen LogP contribution in [0.2, 0.25) is 10.2 Å². The molecule has 4 rings (SSSR count). The molecule has 0 saturated carbocycles. The number of fused-ring (bicyclic) bond motifs is 1. The van der Waals surface area contributed by atoms with E-state index in [4.69, 9.17) is 27.9 Å². The number of carbonyl (C=O) groups excluding carboxylic acids is 1. The molecule has 2 aromatic carbocycles. The van der Waals surface area contributed by atoms with Gasteiger partial charge < -0.3 is 15.4 Å². The third kappa shape index (κ3) is 5.38. The largest absolute Gasteiger partial charge is 0.495 e. The number of hydrogen-bond donors (Lipinski definition) is 2. The summed E-state index contributed by atoms with van der Waals surface area (Å²) in [6.07, 6.45) is 1.68. The summed E-state index contributed by atoms with van der Waals surface area (Å²) in [4.78, 5) is 21.9. The van der Waals surface area contributed by atoms with Crippen LogP contribution in [0.25, 0.3) is 10.9 Å². The van der Waals surface area contributed by atoms with Gasteiger partial charge in [0.15, 0.2) is 0 Å². The molecule has 0 saturated heterocycles. The summed E-state index contributed by atoms with van der Waals surface area (Å²) in [5.74, 6) is 0.242. The number of hydrogen-bond acceptors (Lipinski definition) is 5. The molecule has 0 aliphatic rings. The second kappa shape index (κ2) is 10.4. The Hall–Kier alpha value is -2.87. The first-order valence-electron chi connectivity index (χ1n) is 9.99. The van der Waals surface area contributed by atoms with Crippen molar-refractivity contribution in [3.63, 3.8) is 0 Å². The van der Waals surface area contributed by atoms with Crippen molar-refractivity contribution in [3.8, 4) is 5.75 Å². The van der Waals surface area contributed by atoms with E-state index in [0.717, 1.165) is 21.1 Å². The Balaban J connectivity index is 1.69. The fraction of sp³-hybridized carbons (Fsp3) is 0.125. The van der Waals surface area contributed by atoms with Crippen LogP contribution < -0.4 is 15.4 Å². The predicted octanol–water partition coefficient (Wildman–Crippen LogP) is 6.25. The van der Waals surface area contributed by atoms with Gasteiger partial charge in [-0.1, -0.05) is 51.3 Å². The molecule has 9 heteroatoms. The Morgan fingerprint density at radius 2 is 1.94 bits per heavy atom. The average Bonchev–Trinajstić information content (AvgIpc) is 2.82. The van der Waals surface area contributed by atoms with E-state index in [1.165, 1.54) is 0 Å². The molecule has 168 valence electrons. The summed E-state index contributed by atoms with van der Waals surface area (Å²) < 4.78 is 6.08. The van der Waals surface area contributed by atoms with E-state index >= 15 is 0 Å². The van der Waals surface area contributed by atoms with Gasteiger partial charge in [0.2, 0.25) is 0 Å². The highest BCUT2D eigenvalue weighted by Gasteiger charge is 2.21. The lowest BCUT2D eigenvalue weighted by atomic mass is 10.1. The SMILES string of the molecule is COc1ccc(CNc2c(C(=O)NCc3ccccn3)c(Cl)nc3ccc(Br)cc23)cc1Cl. The summed E-state index contributed by atoms with van der Waals surface area (Å²) in [6.45, 7) is 0.673. The van der Waals surface area contributed by atoms with Gasteiger partial charge in [0.1, 0.15) is 16.5 Å². The molecule has 6 nitrogen and oxygen atoms in total. The molecule has 0 radical (unpaired) electrons. The summed E-state index contributed by atoms with van der Waals surface area (Å²) in [6, 6.07) is 16.7. The Morgan fingerprint density at radius 1 is 1.09 bits per heavy atom. The number of rotatable bonds is 7. The number of anilines is 1. The maximum Gasteiger partial charge on any atom is 0.256 e. The smallest absolute Gasteiger partial charge is 0.256 e. The Bertz CT molecular complexity index is 1320. The first kappa shape index (κ1) is 23.3. The molecule has 2 aromatic heterocycles. The van der Waals surface area contributed by atoms with Crippen LogP contribution in [0.4, 0.5) is 5.69 Å². The lowest BCUT2D eigenvalue weighted by molar-refractivity contribution is 0.0951. The van der Waals surface area contributed by atoms with E-state index in [1.54, 1.807) is 19.4 Å². The molecule has 0 bridgehead atoms. The highest BCUT2D eigenvalue weighted by atomic mass is 79.9. The Labute approximate surface area is 209 Å². The zero-order valence-electron chi connectivity index (χ0n) is 17.5. The second-order valence-electron chi connectivity index (χ2n) is 7.14. The van der Waals surface area contributed by atoms with E-state index in [-0.39, 0.29) is 23.2 Å². The number of pyridine rings is 2. The van der Waals surface area contributed by atoms with Crippen molar-refractivity contribution in [3.05, 3.63) is 92.3 Å². The minimum absolute atomic E-state index is 0.110. The molecular weight excluding hydrogens is 527 g/mol. The highest BCUT2D eigenvalue weighted by molar-refractivity contribution is 9.10. The van der Waals surface area contributed by atoms with Crippen LogP contribution in [0.5, 0.6) is 5.75 Å². The van der Waals surface area contributed by atoms with E-state index in [1.807, 2.05) is 48.5 Å². The van der Waals surface area contributed by atoms with Crippen molar-refractivity contribution in [1.82, 2.24) is 15.3 Å². The monoisotopic (exact) mass is 544 g/mol. The molecule has 0 spiro atoms. The van der Waals surface area contributed by atoms with Gasteiger partial charge >= 0.3 is 0 Å². The quantitative estimate of drug-likeness (QED) is 0.268. The van der Waals surface area contributed by atoms with Gasteiger partial charge in [-0.15, -0.1) is 0 Å². The van der Waals surface area contributed by atoms with Crippen LogP contribution in [0.3, 0.4) is 0 Å². The molecule has 2 N–H and O–H groups in total. The lowest BCUT2D eigenvalue weighted by Gasteiger charge is -2.17. The standard InChI is InChI=1S/C24H19BrCl2N4O2/c1-33-20-8-5-14(10-18(20)26)12-29-22-17-11-15(25)6-7-19(17)31-23(27)21(22)24(32)30-13-16-4-2-3-9-28-16/h2-11H,12-13H2,1H3,(H,29,31)(H,30,32). The third-order valence-electron chi connectivity index (χ3n) is 4.97. The maximum absolute atomic E-state index is 13.2. The summed E-state index contributed by atoms with van der Waals surface area (Å²) in [5.41, 5.74) is 3.16. The number of aromatic nitrogens is 2. The Kier molecular flexibility index (Phi) is 7.33. The van der Waals surface area contributed by atoms with Crippen molar-refractivity contribution >= 4 is 61.6 Å². The zero-order valence-corrected chi connectivity index (χ0v) is 20.6. The van der Waals surface area contributed by atoms with E-state index < -0.39 is 0 Å². The molecule has 0 fully saturated rings. The molecule has 0 aliphatic heterocycles. The number of benzene rings is 2. The minimum Gasteiger partial charge on any atom is -0.495 e. The topological polar surface area (TPSA) is 76.1 Å².